The average molecular weight is 207 g/mol. The van der Waals surface area contributed by atoms with Gasteiger partial charge in [0.05, 0.1) is 0 Å². The van der Waals surface area contributed by atoms with Gasteiger partial charge in [0.2, 0.25) is 0 Å². The van der Waals surface area contributed by atoms with Gasteiger partial charge in [0.15, 0.2) is 0 Å². The molecule has 2 heteroatoms. The van der Waals surface area contributed by atoms with Crippen LogP contribution in [-0.2, 0) is 0 Å². The Kier molecular flexibility index (Phi) is 2.55. The van der Waals surface area contributed by atoms with Gasteiger partial charge in [-0.05, 0) is 45.4 Å². The molecule has 0 amide bonds. The van der Waals surface area contributed by atoms with E-state index in [1.165, 1.54) is 0 Å². The van der Waals surface area contributed by atoms with Crippen LogP contribution in [0, 0.1) is 12.7 Å². The van der Waals surface area contributed by atoms with Crippen molar-refractivity contribution in [3.05, 3.63) is 35.1 Å². The lowest BCUT2D eigenvalue weighted by Crippen LogP contribution is -2.37. The Balaban J connectivity index is 2.40. The van der Waals surface area contributed by atoms with Crippen LogP contribution in [0.1, 0.15) is 37.3 Å². The van der Waals surface area contributed by atoms with Gasteiger partial charge in [-0.2, -0.15) is 0 Å². The zero-order valence-corrected chi connectivity index (χ0v) is 9.60. The van der Waals surface area contributed by atoms with E-state index in [2.05, 4.69) is 19.2 Å². The minimum absolute atomic E-state index is 0.00856. The fraction of sp³-hybridized carbons (Fsp3) is 0.538. The highest BCUT2D eigenvalue weighted by Crippen LogP contribution is 2.36. The molecule has 0 aliphatic carbocycles. The summed E-state index contributed by atoms with van der Waals surface area (Å²) in [5, 5.41) is 3.42. The number of hydrogen-bond acceptors (Lipinski definition) is 1. The summed E-state index contributed by atoms with van der Waals surface area (Å²) in [6, 6.07) is 5.39. The van der Waals surface area contributed by atoms with Crippen LogP contribution in [0.3, 0.4) is 0 Å². The molecule has 1 fully saturated rings. The number of benzene rings is 1. The highest BCUT2D eigenvalue weighted by atomic mass is 19.1. The fourth-order valence-electron chi connectivity index (χ4n) is 2.50. The van der Waals surface area contributed by atoms with E-state index in [1.54, 1.807) is 6.07 Å². The number of aryl methyl sites for hydroxylation is 1. The van der Waals surface area contributed by atoms with Crippen molar-refractivity contribution in [2.45, 2.75) is 38.6 Å². The van der Waals surface area contributed by atoms with Crippen molar-refractivity contribution in [2.75, 3.05) is 6.54 Å². The summed E-state index contributed by atoms with van der Waals surface area (Å²) in [5.74, 6) is 0.222. The molecule has 1 nitrogen and oxygen atoms in total. The summed E-state index contributed by atoms with van der Waals surface area (Å²) >= 11 is 0. The van der Waals surface area contributed by atoms with Gasteiger partial charge in [-0.25, -0.2) is 4.39 Å². The second kappa shape index (κ2) is 3.60. The molecule has 15 heavy (non-hydrogen) atoms. The Labute approximate surface area is 90.7 Å². The smallest absolute Gasteiger partial charge is 0.126 e. The van der Waals surface area contributed by atoms with E-state index in [0.29, 0.717) is 0 Å². The highest BCUT2D eigenvalue weighted by Gasteiger charge is 2.36. The Hall–Kier alpha value is -0.890. The first kappa shape index (κ1) is 10.6. The lowest BCUT2D eigenvalue weighted by atomic mass is 9.82. The number of hydrogen-bond donors (Lipinski definition) is 1. The second-order valence-electron chi connectivity index (χ2n) is 5.01. The zero-order chi connectivity index (χ0) is 11.1. The number of halogens is 1. The minimum Gasteiger partial charge on any atom is -0.311 e. The van der Waals surface area contributed by atoms with E-state index in [1.807, 2.05) is 19.1 Å². The summed E-state index contributed by atoms with van der Waals surface area (Å²) in [6.45, 7) is 7.28. The van der Waals surface area contributed by atoms with Crippen molar-refractivity contribution in [1.82, 2.24) is 5.32 Å². The van der Waals surface area contributed by atoms with Gasteiger partial charge >= 0.3 is 0 Å². The van der Waals surface area contributed by atoms with E-state index in [9.17, 15) is 4.39 Å². The van der Waals surface area contributed by atoms with Gasteiger partial charge in [-0.3, -0.25) is 0 Å². The van der Waals surface area contributed by atoms with Crippen molar-refractivity contribution >= 4 is 0 Å². The summed E-state index contributed by atoms with van der Waals surface area (Å²) in [5.41, 5.74) is 2.01. The van der Waals surface area contributed by atoms with E-state index in [-0.39, 0.29) is 17.3 Å². The van der Waals surface area contributed by atoms with Crippen LogP contribution in [0.2, 0.25) is 0 Å². The molecule has 1 heterocycles. The van der Waals surface area contributed by atoms with Crippen molar-refractivity contribution in [1.29, 1.82) is 0 Å². The van der Waals surface area contributed by atoms with E-state index in [0.717, 1.165) is 24.1 Å². The number of rotatable bonds is 1. The maximum Gasteiger partial charge on any atom is 0.126 e. The Morgan fingerprint density at radius 3 is 2.73 bits per heavy atom. The SMILES string of the molecule is Cc1ccc(F)c(C2CCNC2(C)C)c1. The second-order valence-corrected chi connectivity index (χ2v) is 5.01. The maximum absolute atomic E-state index is 13.7. The lowest BCUT2D eigenvalue weighted by Gasteiger charge is -2.28. The Morgan fingerprint density at radius 2 is 2.13 bits per heavy atom. The predicted octanol–water partition coefficient (Wildman–Crippen LogP) is 2.99. The van der Waals surface area contributed by atoms with Crippen LogP contribution in [0.25, 0.3) is 0 Å². The largest absolute Gasteiger partial charge is 0.311 e. The highest BCUT2D eigenvalue weighted by molar-refractivity contribution is 5.30. The van der Waals surface area contributed by atoms with Crippen LogP contribution in [0.5, 0.6) is 0 Å². The molecule has 0 radical (unpaired) electrons. The summed E-state index contributed by atoms with van der Waals surface area (Å²) in [4.78, 5) is 0. The van der Waals surface area contributed by atoms with Crippen LogP contribution in [0.4, 0.5) is 4.39 Å². The summed E-state index contributed by atoms with van der Waals surface area (Å²) < 4.78 is 13.7. The predicted molar refractivity (Wildman–Crippen MR) is 60.6 cm³/mol. The van der Waals surface area contributed by atoms with E-state index >= 15 is 0 Å². The van der Waals surface area contributed by atoms with Gasteiger partial charge in [0.25, 0.3) is 0 Å². The summed E-state index contributed by atoms with van der Waals surface area (Å²) in [7, 11) is 0. The van der Waals surface area contributed by atoms with Crippen LogP contribution >= 0.6 is 0 Å². The first-order chi connectivity index (χ1) is 7.00. The molecule has 2 rings (SSSR count). The molecule has 0 spiro atoms. The molecule has 1 aromatic rings. The number of nitrogens with one attached hydrogen (secondary N) is 1. The third kappa shape index (κ3) is 1.91. The van der Waals surface area contributed by atoms with Crippen LogP contribution in [-0.4, -0.2) is 12.1 Å². The molecule has 1 unspecified atom stereocenters. The van der Waals surface area contributed by atoms with Crippen molar-refractivity contribution in [2.24, 2.45) is 0 Å². The first-order valence-electron chi connectivity index (χ1n) is 5.52. The topological polar surface area (TPSA) is 12.0 Å². The van der Waals surface area contributed by atoms with Crippen molar-refractivity contribution in [3.8, 4) is 0 Å². The standard InChI is InChI=1S/C13H18FN/c1-9-4-5-12(14)10(8-9)11-6-7-15-13(11,2)3/h4-5,8,11,15H,6-7H2,1-3H3. The lowest BCUT2D eigenvalue weighted by molar-refractivity contribution is 0.400. The molecule has 0 saturated carbocycles. The molecular formula is C13H18FN. The maximum atomic E-state index is 13.7. The molecule has 1 aromatic carbocycles. The van der Waals surface area contributed by atoms with Gasteiger partial charge in [-0.15, -0.1) is 0 Å². The summed E-state index contributed by atoms with van der Waals surface area (Å²) in [6.07, 6.45) is 1.02. The van der Waals surface area contributed by atoms with Crippen molar-refractivity contribution < 1.29 is 4.39 Å². The molecule has 1 N–H and O–H groups in total. The molecule has 1 saturated heterocycles. The Morgan fingerprint density at radius 1 is 1.40 bits per heavy atom. The molecule has 0 aromatic heterocycles. The van der Waals surface area contributed by atoms with Gasteiger partial charge in [-0.1, -0.05) is 17.7 Å². The zero-order valence-electron chi connectivity index (χ0n) is 9.60. The quantitative estimate of drug-likeness (QED) is 0.746. The van der Waals surface area contributed by atoms with Gasteiger partial charge in [0, 0.05) is 11.5 Å². The van der Waals surface area contributed by atoms with Crippen LogP contribution < -0.4 is 5.32 Å². The molecule has 1 aliphatic rings. The monoisotopic (exact) mass is 207 g/mol. The average Bonchev–Trinajstić information content (AvgIpc) is 2.50. The molecule has 1 aliphatic heterocycles. The third-order valence-corrected chi connectivity index (χ3v) is 3.41. The van der Waals surface area contributed by atoms with Gasteiger partial charge in [0.1, 0.15) is 5.82 Å². The van der Waals surface area contributed by atoms with E-state index in [4.69, 9.17) is 0 Å². The molecular weight excluding hydrogens is 189 g/mol. The fourth-order valence-corrected chi connectivity index (χ4v) is 2.50. The molecule has 82 valence electrons. The normalized spacial score (nSPS) is 24.4. The molecule has 1 atom stereocenters. The van der Waals surface area contributed by atoms with Crippen LogP contribution in [0.15, 0.2) is 18.2 Å². The van der Waals surface area contributed by atoms with E-state index < -0.39 is 0 Å². The van der Waals surface area contributed by atoms with Crippen molar-refractivity contribution in [3.63, 3.8) is 0 Å². The van der Waals surface area contributed by atoms with Gasteiger partial charge < -0.3 is 5.32 Å². The molecule has 0 bridgehead atoms. The first-order valence-corrected chi connectivity index (χ1v) is 5.52. The minimum atomic E-state index is -0.0672. The third-order valence-electron chi connectivity index (χ3n) is 3.41. The Bertz CT molecular complexity index is 371.